The molecule has 1 amide bonds. The third-order valence-electron chi connectivity index (χ3n) is 4.47. The lowest BCUT2D eigenvalue weighted by atomic mass is 10.1. The highest BCUT2D eigenvalue weighted by atomic mass is 16.6. The van der Waals surface area contributed by atoms with E-state index >= 15 is 0 Å². The van der Waals surface area contributed by atoms with Crippen molar-refractivity contribution in [3.63, 3.8) is 0 Å². The van der Waals surface area contributed by atoms with E-state index < -0.39 is 4.92 Å². The van der Waals surface area contributed by atoms with Gasteiger partial charge in [-0.1, -0.05) is 24.3 Å². The molecule has 0 unspecified atom stereocenters. The fourth-order valence-electron chi connectivity index (χ4n) is 2.74. The highest BCUT2D eigenvalue weighted by Crippen LogP contribution is 2.18. The van der Waals surface area contributed by atoms with Crippen LogP contribution in [0, 0.1) is 17.0 Å². The molecule has 0 atom stereocenters. The second kappa shape index (κ2) is 10.0. The van der Waals surface area contributed by atoms with Crippen LogP contribution >= 0.6 is 0 Å². The number of hydrazone groups is 1. The van der Waals surface area contributed by atoms with Gasteiger partial charge >= 0.3 is 0 Å². The number of carbonyl (C=O) groups excluding carboxylic acids is 1. The number of ether oxygens (including phenoxy) is 1. The first-order chi connectivity index (χ1) is 14.9. The molecule has 0 bridgehead atoms. The molecule has 0 aliphatic heterocycles. The minimum absolute atomic E-state index is 0.00850. The van der Waals surface area contributed by atoms with Crippen molar-refractivity contribution in [3.05, 3.63) is 94.0 Å². The van der Waals surface area contributed by atoms with Crippen molar-refractivity contribution in [3.8, 4) is 5.75 Å². The van der Waals surface area contributed by atoms with Crippen molar-refractivity contribution in [2.24, 2.45) is 5.10 Å². The fourth-order valence-corrected chi connectivity index (χ4v) is 2.74. The number of hydrogen-bond donors (Lipinski definition) is 2. The average molecular weight is 418 g/mol. The zero-order valence-corrected chi connectivity index (χ0v) is 17.2. The van der Waals surface area contributed by atoms with Gasteiger partial charge in [-0.05, 0) is 61.4 Å². The lowest BCUT2D eigenvalue weighted by molar-refractivity contribution is -0.384. The Balaban J connectivity index is 1.55. The van der Waals surface area contributed by atoms with E-state index in [1.807, 2.05) is 50.2 Å². The van der Waals surface area contributed by atoms with Crippen LogP contribution in [0.25, 0.3) is 0 Å². The first-order valence-corrected chi connectivity index (χ1v) is 9.56. The van der Waals surface area contributed by atoms with E-state index in [2.05, 4.69) is 15.8 Å². The van der Waals surface area contributed by atoms with E-state index in [-0.39, 0.29) is 18.2 Å². The van der Waals surface area contributed by atoms with Crippen LogP contribution in [0.2, 0.25) is 0 Å². The summed E-state index contributed by atoms with van der Waals surface area (Å²) in [5, 5.41) is 17.9. The Morgan fingerprint density at radius 2 is 1.81 bits per heavy atom. The predicted molar refractivity (Wildman–Crippen MR) is 121 cm³/mol. The SMILES string of the molecule is C/C(=N/Nc1cccc([N+](=O)[O-])c1)c1ccc(OCC(=O)Nc2ccccc2C)cc1. The number of para-hydroxylation sites is 1. The Bertz CT molecular complexity index is 1110. The number of nitro groups is 1. The molecular weight excluding hydrogens is 396 g/mol. The average Bonchev–Trinajstić information content (AvgIpc) is 2.78. The van der Waals surface area contributed by atoms with Crippen LogP contribution in [-0.4, -0.2) is 23.1 Å². The molecule has 3 aromatic rings. The molecular formula is C23H22N4O4. The number of aryl methyl sites for hydroxylation is 1. The van der Waals surface area contributed by atoms with E-state index in [0.29, 0.717) is 17.1 Å². The first kappa shape index (κ1) is 21.5. The van der Waals surface area contributed by atoms with Gasteiger partial charge in [0.05, 0.1) is 16.3 Å². The van der Waals surface area contributed by atoms with Gasteiger partial charge in [-0.25, -0.2) is 0 Å². The molecule has 0 aromatic heterocycles. The second-order valence-corrected chi connectivity index (χ2v) is 6.79. The summed E-state index contributed by atoms with van der Waals surface area (Å²) < 4.78 is 5.55. The molecule has 0 radical (unpaired) electrons. The predicted octanol–water partition coefficient (Wildman–Crippen LogP) is 4.76. The zero-order chi connectivity index (χ0) is 22.2. The minimum Gasteiger partial charge on any atom is -0.484 e. The molecule has 158 valence electrons. The Morgan fingerprint density at radius 1 is 1.06 bits per heavy atom. The van der Waals surface area contributed by atoms with E-state index in [9.17, 15) is 14.9 Å². The molecule has 2 N–H and O–H groups in total. The number of amides is 1. The largest absolute Gasteiger partial charge is 0.484 e. The van der Waals surface area contributed by atoms with Crippen molar-refractivity contribution >= 4 is 28.7 Å². The number of nitrogens with zero attached hydrogens (tertiary/aromatic N) is 2. The van der Waals surface area contributed by atoms with E-state index in [1.54, 1.807) is 24.3 Å². The maximum absolute atomic E-state index is 12.1. The van der Waals surface area contributed by atoms with E-state index in [0.717, 1.165) is 16.8 Å². The van der Waals surface area contributed by atoms with Crippen LogP contribution in [0.15, 0.2) is 77.9 Å². The van der Waals surface area contributed by atoms with Gasteiger partial charge in [-0.3, -0.25) is 20.3 Å². The molecule has 0 fully saturated rings. The second-order valence-electron chi connectivity index (χ2n) is 6.79. The normalized spacial score (nSPS) is 11.0. The topological polar surface area (TPSA) is 106 Å². The molecule has 0 saturated heterocycles. The third-order valence-corrected chi connectivity index (χ3v) is 4.47. The molecule has 0 saturated carbocycles. The summed E-state index contributed by atoms with van der Waals surface area (Å²) in [6.07, 6.45) is 0. The standard InChI is InChI=1S/C23H22N4O4/c1-16-6-3-4-9-22(16)24-23(28)15-31-21-12-10-18(11-13-21)17(2)25-26-19-7-5-8-20(14-19)27(29)30/h3-14,26H,15H2,1-2H3,(H,24,28)/b25-17-. The van der Waals surface area contributed by atoms with E-state index in [1.165, 1.54) is 12.1 Å². The van der Waals surface area contributed by atoms with Gasteiger partial charge in [0.1, 0.15) is 5.75 Å². The summed E-state index contributed by atoms with van der Waals surface area (Å²) in [5.41, 5.74) is 6.60. The lowest BCUT2D eigenvalue weighted by Gasteiger charge is -2.10. The molecule has 8 nitrogen and oxygen atoms in total. The van der Waals surface area contributed by atoms with Crippen LogP contribution in [0.4, 0.5) is 17.1 Å². The van der Waals surface area contributed by atoms with Crippen molar-refractivity contribution in [2.75, 3.05) is 17.3 Å². The molecule has 0 spiro atoms. The van der Waals surface area contributed by atoms with Crippen molar-refractivity contribution < 1.29 is 14.5 Å². The van der Waals surface area contributed by atoms with Gasteiger partial charge in [0.2, 0.25) is 0 Å². The molecule has 31 heavy (non-hydrogen) atoms. The minimum atomic E-state index is -0.457. The Hall–Kier alpha value is -4.20. The maximum atomic E-state index is 12.1. The summed E-state index contributed by atoms with van der Waals surface area (Å²) in [7, 11) is 0. The number of anilines is 2. The summed E-state index contributed by atoms with van der Waals surface area (Å²) in [5.74, 6) is 0.320. The Labute approximate surface area is 179 Å². The first-order valence-electron chi connectivity index (χ1n) is 9.56. The van der Waals surface area contributed by atoms with Crippen LogP contribution in [-0.2, 0) is 4.79 Å². The number of benzene rings is 3. The molecule has 0 aliphatic rings. The fraction of sp³-hybridized carbons (Fsp3) is 0.130. The van der Waals surface area contributed by atoms with Gasteiger partial charge in [-0.2, -0.15) is 5.10 Å². The van der Waals surface area contributed by atoms with Gasteiger partial charge < -0.3 is 10.1 Å². The maximum Gasteiger partial charge on any atom is 0.271 e. The van der Waals surface area contributed by atoms with E-state index in [4.69, 9.17) is 4.74 Å². The van der Waals surface area contributed by atoms with Crippen molar-refractivity contribution in [1.29, 1.82) is 0 Å². The van der Waals surface area contributed by atoms with Crippen molar-refractivity contribution in [1.82, 2.24) is 0 Å². The molecule has 3 aromatic carbocycles. The summed E-state index contributed by atoms with van der Waals surface area (Å²) in [6.45, 7) is 3.64. The van der Waals surface area contributed by atoms with Crippen molar-refractivity contribution in [2.45, 2.75) is 13.8 Å². The number of rotatable bonds is 8. The Kier molecular flexibility index (Phi) is 6.95. The monoisotopic (exact) mass is 418 g/mol. The van der Waals surface area contributed by atoms with Crippen LogP contribution in [0.5, 0.6) is 5.75 Å². The zero-order valence-electron chi connectivity index (χ0n) is 17.2. The van der Waals surface area contributed by atoms with Crippen LogP contribution in [0.3, 0.4) is 0 Å². The van der Waals surface area contributed by atoms with Gasteiger partial charge in [-0.15, -0.1) is 0 Å². The van der Waals surface area contributed by atoms with Gasteiger partial charge in [0.25, 0.3) is 11.6 Å². The number of nitrogens with one attached hydrogen (secondary N) is 2. The molecule has 0 heterocycles. The number of nitro benzene ring substituents is 1. The molecule has 0 aliphatic carbocycles. The summed E-state index contributed by atoms with van der Waals surface area (Å²) >= 11 is 0. The van der Waals surface area contributed by atoms with Crippen LogP contribution in [0.1, 0.15) is 18.1 Å². The van der Waals surface area contributed by atoms with Gasteiger partial charge in [0, 0.05) is 17.8 Å². The molecule has 3 rings (SSSR count). The number of carbonyl (C=O) groups is 1. The molecule has 8 heteroatoms. The number of hydrogen-bond acceptors (Lipinski definition) is 6. The highest BCUT2D eigenvalue weighted by Gasteiger charge is 2.07. The smallest absolute Gasteiger partial charge is 0.271 e. The summed E-state index contributed by atoms with van der Waals surface area (Å²) in [4.78, 5) is 22.5. The summed E-state index contributed by atoms with van der Waals surface area (Å²) in [6, 6.07) is 20.8. The van der Waals surface area contributed by atoms with Crippen LogP contribution < -0.4 is 15.5 Å². The van der Waals surface area contributed by atoms with Gasteiger partial charge in [0.15, 0.2) is 6.61 Å². The Morgan fingerprint density at radius 3 is 2.52 bits per heavy atom. The quantitative estimate of drug-likeness (QED) is 0.312. The third kappa shape index (κ3) is 6.14. The number of non-ortho nitro benzene ring substituents is 1. The highest BCUT2D eigenvalue weighted by molar-refractivity contribution is 5.99. The lowest BCUT2D eigenvalue weighted by Crippen LogP contribution is -2.20.